The van der Waals surface area contributed by atoms with Gasteiger partial charge in [0.25, 0.3) is 0 Å². The molecule has 17 heavy (non-hydrogen) atoms. The van der Waals surface area contributed by atoms with E-state index in [1.54, 1.807) is 0 Å². The first-order valence-electron chi connectivity index (χ1n) is 8.08. The third kappa shape index (κ3) is 7.84. The van der Waals surface area contributed by atoms with Gasteiger partial charge in [0, 0.05) is 0 Å². The number of hydrogen-bond acceptors (Lipinski definition) is 0. The Morgan fingerprint density at radius 3 is 1.76 bits per heavy atom. The van der Waals surface area contributed by atoms with Gasteiger partial charge in [0.2, 0.25) is 0 Å². The third-order valence-electron chi connectivity index (χ3n) is 4.67. The van der Waals surface area contributed by atoms with Gasteiger partial charge < -0.3 is 0 Å². The molecule has 0 heterocycles. The average Bonchev–Trinajstić information content (AvgIpc) is 2.32. The molecule has 1 unspecified atom stereocenters. The lowest BCUT2D eigenvalue weighted by Crippen LogP contribution is -2.22. The molecule has 0 aromatic rings. The van der Waals surface area contributed by atoms with E-state index in [1.165, 1.54) is 64.2 Å². The van der Waals surface area contributed by atoms with Gasteiger partial charge in [0.05, 0.1) is 0 Å². The highest BCUT2D eigenvalue weighted by Gasteiger charge is 2.25. The van der Waals surface area contributed by atoms with Crippen molar-refractivity contribution >= 4 is 0 Å². The van der Waals surface area contributed by atoms with Crippen molar-refractivity contribution in [3.05, 3.63) is 0 Å². The molecule has 104 valence electrons. The highest BCUT2D eigenvalue weighted by atomic mass is 14.3. The van der Waals surface area contributed by atoms with Gasteiger partial charge in [0.1, 0.15) is 0 Å². The van der Waals surface area contributed by atoms with E-state index >= 15 is 0 Å². The summed E-state index contributed by atoms with van der Waals surface area (Å²) in [4.78, 5) is 0. The predicted octanol–water partition coefficient (Wildman–Crippen LogP) is 6.59. The number of unbranched alkanes of at least 4 members (excludes halogenated alkanes) is 6. The van der Waals surface area contributed by atoms with Crippen molar-refractivity contribution in [3.63, 3.8) is 0 Å². The molecule has 0 aliphatic rings. The van der Waals surface area contributed by atoms with Crippen molar-refractivity contribution in [1.82, 2.24) is 0 Å². The average molecular weight is 240 g/mol. The summed E-state index contributed by atoms with van der Waals surface area (Å²) in [6.07, 6.45) is 14.2. The Hall–Kier alpha value is 0. The lowest BCUT2D eigenvalue weighted by atomic mass is 9.73. The van der Waals surface area contributed by atoms with Crippen LogP contribution < -0.4 is 0 Å². The minimum Gasteiger partial charge on any atom is -0.0654 e. The first-order chi connectivity index (χ1) is 8.08. The van der Waals surface area contributed by atoms with Gasteiger partial charge in [-0.3, -0.25) is 0 Å². The lowest BCUT2D eigenvalue weighted by molar-refractivity contribution is 0.180. The second kappa shape index (κ2) is 9.97. The summed E-state index contributed by atoms with van der Waals surface area (Å²) in [5.74, 6) is 0.933. The molecule has 0 fully saturated rings. The van der Waals surface area contributed by atoms with E-state index in [9.17, 15) is 0 Å². The molecule has 0 aromatic carbocycles. The zero-order valence-corrected chi connectivity index (χ0v) is 13.1. The van der Waals surface area contributed by atoms with Crippen LogP contribution in [0.25, 0.3) is 0 Å². The maximum atomic E-state index is 2.45. The largest absolute Gasteiger partial charge is 0.0654 e. The quantitative estimate of drug-likeness (QED) is 0.357. The summed E-state index contributed by atoms with van der Waals surface area (Å²) in [6.45, 7) is 11.9. The van der Waals surface area contributed by atoms with E-state index in [0.717, 1.165) is 5.92 Å². The molecule has 0 saturated heterocycles. The monoisotopic (exact) mass is 240 g/mol. The molecule has 0 heteroatoms. The Balaban J connectivity index is 3.57. The highest BCUT2D eigenvalue weighted by molar-refractivity contribution is 4.76. The van der Waals surface area contributed by atoms with Crippen LogP contribution in [0, 0.1) is 11.3 Å². The molecule has 0 aromatic heterocycles. The third-order valence-corrected chi connectivity index (χ3v) is 4.67. The SMILES string of the molecule is CCCCCCCCCC(CC)C(C)(C)CC. The van der Waals surface area contributed by atoms with Crippen LogP contribution in [0.3, 0.4) is 0 Å². The summed E-state index contributed by atoms with van der Waals surface area (Å²) < 4.78 is 0. The Kier molecular flexibility index (Phi) is 9.97. The predicted molar refractivity (Wildman–Crippen MR) is 80.5 cm³/mol. The van der Waals surface area contributed by atoms with Crippen LogP contribution in [0.5, 0.6) is 0 Å². The lowest BCUT2D eigenvalue weighted by Gasteiger charge is -2.33. The van der Waals surface area contributed by atoms with Crippen molar-refractivity contribution in [2.45, 2.75) is 98.8 Å². The van der Waals surface area contributed by atoms with Gasteiger partial charge in [0.15, 0.2) is 0 Å². The Labute approximate surface area is 111 Å². The van der Waals surface area contributed by atoms with E-state index in [1.807, 2.05) is 0 Å². The summed E-state index contributed by atoms with van der Waals surface area (Å²) >= 11 is 0. The zero-order valence-electron chi connectivity index (χ0n) is 13.1. The number of hydrogen-bond donors (Lipinski definition) is 0. The van der Waals surface area contributed by atoms with Crippen molar-refractivity contribution in [3.8, 4) is 0 Å². The Morgan fingerprint density at radius 2 is 1.29 bits per heavy atom. The van der Waals surface area contributed by atoms with Gasteiger partial charge in [-0.2, -0.15) is 0 Å². The topological polar surface area (TPSA) is 0 Å². The minimum atomic E-state index is 0.553. The van der Waals surface area contributed by atoms with Gasteiger partial charge in [-0.05, 0) is 17.8 Å². The van der Waals surface area contributed by atoms with Gasteiger partial charge in [-0.1, -0.05) is 92.4 Å². The maximum Gasteiger partial charge on any atom is -0.0329 e. The fourth-order valence-electron chi connectivity index (χ4n) is 2.78. The molecule has 0 spiro atoms. The van der Waals surface area contributed by atoms with E-state index < -0.39 is 0 Å². The van der Waals surface area contributed by atoms with Crippen LogP contribution in [0.4, 0.5) is 0 Å². The molecule has 1 atom stereocenters. The second-order valence-electron chi connectivity index (χ2n) is 6.36. The molecule has 0 aliphatic carbocycles. The van der Waals surface area contributed by atoms with E-state index in [4.69, 9.17) is 0 Å². The Morgan fingerprint density at radius 1 is 0.765 bits per heavy atom. The van der Waals surface area contributed by atoms with Crippen LogP contribution in [0.15, 0.2) is 0 Å². The normalized spacial score (nSPS) is 13.9. The molecule has 0 aliphatic heterocycles. The van der Waals surface area contributed by atoms with Crippen LogP contribution in [-0.4, -0.2) is 0 Å². The van der Waals surface area contributed by atoms with Gasteiger partial charge in [-0.15, -0.1) is 0 Å². The Bertz CT molecular complexity index is 157. The van der Waals surface area contributed by atoms with Crippen molar-refractivity contribution in [2.24, 2.45) is 11.3 Å². The van der Waals surface area contributed by atoms with Gasteiger partial charge >= 0.3 is 0 Å². The van der Waals surface area contributed by atoms with E-state index in [0.29, 0.717) is 5.41 Å². The van der Waals surface area contributed by atoms with E-state index in [2.05, 4.69) is 34.6 Å². The smallest absolute Gasteiger partial charge is 0.0329 e. The first-order valence-corrected chi connectivity index (χ1v) is 8.08. The standard InChI is InChI=1S/C17H36/c1-6-9-10-11-12-13-14-15-16(7-2)17(4,5)8-3/h16H,6-15H2,1-5H3. The molecular weight excluding hydrogens is 204 g/mol. The van der Waals surface area contributed by atoms with Crippen molar-refractivity contribution in [2.75, 3.05) is 0 Å². The number of rotatable bonds is 11. The summed E-state index contributed by atoms with van der Waals surface area (Å²) in [7, 11) is 0. The molecule has 0 nitrogen and oxygen atoms in total. The summed E-state index contributed by atoms with van der Waals surface area (Å²) in [5.41, 5.74) is 0.553. The zero-order chi connectivity index (χ0) is 13.1. The van der Waals surface area contributed by atoms with Crippen LogP contribution >= 0.6 is 0 Å². The van der Waals surface area contributed by atoms with Crippen LogP contribution in [0.2, 0.25) is 0 Å². The summed E-state index contributed by atoms with van der Waals surface area (Å²) in [5, 5.41) is 0. The van der Waals surface area contributed by atoms with Crippen molar-refractivity contribution < 1.29 is 0 Å². The van der Waals surface area contributed by atoms with Crippen LogP contribution in [0.1, 0.15) is 98.8 Å². The molecule has 0 amide bonds. The molecule has 0 rings (SSSR count). The second-order valence-corrected chi connectivity index (χ2v) is 6.36. The maximum absolute atomic E-state index is 2.45. The fraction of sp³-hybridized carbons (Fsp3) is 1.00. The molecule has 0 radical (unpaired) electrons. The summed E-state index contributed by atoms with van der Waals surface area (Å²) in [6, 6.07) is 0. The molecule has 0 bridgehead atoms. The van der Waals surface area contributed by atoms with E-state index in [-0.39, 0.29) is 0 Å². The molecule has 0 N–H and O–H groups in total. The molecular formula is C17H36. The highest BCUT2D eigenvalue weighted by Crippen LogP contribution is 2.36. The molecule has 0 saturated carbocycles. The fourth-order valence-corrected chi connectivity index (χ4v) is 2.78. The van der Waals surface area contributed by atoms with Gasteiger partial charge in [-0.25, -0.2) is 0 Å². The van der Waals surface area contributed by atoms with Crippen molar-refractivity contribution in [1.29, 1.82) is 0 Å². The first kappa shape index (κ1) is 17.0. The minimum absolute atomic E-state index is 0.553. The van der Waals surface area contributed by atoms with Crippen LogP contribution in [-0.2, 0) is 0 Å².